The van der Waals surface area contributed by atoms with E-state index in [9.17, 15) is 4.79 Å². The van der Waals surface area contributed by atoms with E-state index in [0.717, 1.165) is 39.0 Å². The molecule has 0 aliphatic heterocycles. The predicted octanol–water partition coefficient (Wildman–Crippen LogP) is 7.28. The Morgan fingerprint density at radius 2 is 1.53 bits per heavy atom. The van der Waals surface area contributed by atoms with Gasteiger partial charge in [-0.05, 0) is 90.7 Å². The van der Waals surface area contributed by atoms with E-state index in [2.05, 4.69) is 5.32 Å². The number of para-hydroxylation sites is 1. The molecule has 0 saturated heterocycles. The molecule has 7 heteroatoms. The standard InChI is InChI=1S/C29H27ClN2O3S/c1-21-27(30)9-6-10-28(21)32(20-29(33)31-19-22-11-13-23(34-2)14-12-22)36-26-17-15-25(16-18-26)35-24-7-4-3-5-8-24/h3-18H,19-20H2,1-2H3,(H,31,33). The minimum Gasteiger partial charge on any atom is -0.497 e. The Morgan fingerprint density at radius 3 is 2.22 bits per heavy atom. The SMILES string of the molecule is COc1ccc(CNC(=O)CN(Sc2ccc(Oc3ccccc3)cc2)c2cccc(Cl)c2C)cc1. The Balaban J connectivity index is 1.45. The van der Waals surface area contributed by atoms with Crippen molar-refractivity contribution in [3.8, 4) is 17.2 Å². The fraction of sp³-hybridized carbons (Fsp3) is 0.138. The lowest BCUT2D eigenvalue weighted by Crippen LogP contribution is -2.33. The van der Waals surface area contributed by atoms with Gasteiger partial charge in [0, 0.05) is 16.5 Å². The van der Waals surface area contributed by atoms with E-state index in [-0.39, 0.29) is 12.5 Å². The van der Waals surface area contributed by atoms with E-state index in [0.29, 0.717) is 11.6 Å². The smallest absolute Gasteiger partial charge is 0.240 e. The molecule has 0 aliphatic carbocycles. The number of nitrogens with zero attached hydrogens (tertiary/aromatic N) is 1. The average Bonchev–Trinajstić information content (AvgIpc) is 2.91. The van der Waals surface area contributed by atoms with E-state index < -0.39 is 0 Å². The third kappa shape index (κ3) is 6.97. The summed E-state index contributed by atoms with van der Waals surface area (Å²) in [6.07, 6.45) is 0. The second-order valence-corrected chi connectivity index (χ2v) is 9.53. The lowest BCUT2D eigenvalue weighted by Gasteiger charge is -2.25. The van der Waals surface area contributed by atoms with Crippen LogP contribution in [0.3, 0.4) is 0 Å². The number of halogens is 1. The molecule has 4 aromatic rings. The Labute approximate surface area is 221 Å². The number of carbonyl (C=O) groups is 1. The van der Waals surface area contributed by atoms with Crippen LogP contribution in [-0.4, -0.2) is 19.6 Å². The predicted molar refractivity (Wildman–Crippen MR) is 147 cm³/mol. The van der Waals surface area contributed by atoms with Crippen molar-refractivity contribution in [3.63, 3.8) is 0 Å². The van der Waals surface area contributed by atoms with Gasteiger partial charge in [-0.2, -0.15) is 0 Å². The molecule has 0 aliphatic rings. The minimum absolute atomic E-state index is 0.0956. The maximum absolute atomic E-state index is 12.9. The van der Waals surface area contributed by atoms with Crippen LogP contribution in [0.25, 0.3) is 0 Å². The molecule has 0 aromatic heterocycles. The van der Waals surface area contributed by atoms with E-state index in [1.165, 1.54) is 11.9 Å². The molecular formula is C29H27ClN2O3S. The topological polar surface area (TPSA) is 50.8 Å². The maximum Gasteiger partial charge on any atom is 0.240 e. The van der Waals surface area contributed by atoms with Gasteiger partial charge < -0.3 is 19.1 Å². The molecule has 0 bridgehead atoms. The zero-order valence-corrected chi connectivity index (χ0v) is 21.7. The van der Waals surface area contributed by atoms with Gasteiger partial charge in [-0.25, -0.2) is 0 Å². The molecule has 0 atom stereocenters. The molecule has 0 heterocycles. The van der Waals surface area contributed by atoms with Gasteiger partial charge >= 0.3 is 0 Å². The molecule has 0 saturated carbocycles. The molecule has 1 amide bonds. The molecule has 5 nitrogen and oxygen atoms in total. The Bertz CT molecular complexity index is 1280. The Kier molecular flexibility index (Phi) is 8.76. The van der Waals surface area contributed by atoms with Gasteiger partial charge in [-0.3, -0.25) is 4.79 Å². The number of benzene rings is 4. The largest absolute Gasteiger partial charge is 0.497 e. The van der Waals surface area contributed by atoms with E-state index >= 15 is 0 Å². The summed E-state index contributed by atoms with van der Waals surface area (Å²) in [6.45, 7) is 2.54. The molecule has 0 spiro atoms. The first-order valence-electron chi connectivity index (χ1n) is 11.4. The van der Waals surface area contributed by atoms with Gasteiger partial charge in [-0.15, -0.1) is 0 Å². The van der Waals surface area contributed by atoms with Crippen LogP contribution < -0.4 is 19.1 Å². The number of methoxy groups -OCH3 is 1. The van der Waals surface area contributed by atoms with Gasteiger partial charge in [-0.1, -0.05) is 48.0 Å². The fourth-order valence-electron chi connectivity index (χ4n) is 3.48. The number of ether oxygens (including phenoxy) is 2. The second-order valence-electron chi connectivity index (χ2n) is 8.02. The van der Waals surface area contributed by atoms with E-state index in [1.807, 2.05) is 108 Å². The number of amides is 1. The first-order valence-corrected chi connectivity index (χ1v) is 12.6. The van der Waals surface area contributed by atoms with Crippen molar-refractivity contribution in [3.05, 3.63) is 113 Å². The molecule has 36 heavy (non-hydrogen) atoms. The molecule has 4 aromatic carbocycles. The van der Waals surface area contributed by atoms with Crippen molar-refractivity contribution in [2.45, 2.75) is 18.4 Å². The number of hydrogen-bond acceptors (Lipinski definition) is 5. The normalized spacial score (nSPS) is 10.5. The van der Waals surface area contributed by atoms with Gasteiger partial charge in [0.2, 0.25) is 5.91 Å². The maximum atomic E-state index is 12.9. The van der Waals surface area contributed by atoms with E-state index in [4.69, 9.17) is 21.1 Å². The molecule has 184 valence electrons. The minimum atomic E-state index is -0.0956. The van der Waals surface area contributed by atoms with Gasteiger partial charge in [0.25, 0.3) is 0 Å². The first-order chi connectivity index (χ1) is 17.5. The highest BCUT2D eigenvalue weighted by molar-refractivity contribution is 8.00. The third-order valence-corrected chi connectivity index (χ3v) is 6.90. The number of anilines is 1. The van der Waals surface area contributed by atoms with Crippen LogP contribution in [0.5, 0.6) is 17.2 Å². The van der Waals surface area contributed by atoms with Crippen molar-refractivity contribution < 1.29 is 14.3 Å². The van der Waals surface area contributed by atoms with E-state index in [1.54, 1.807) is 7.11 Å². The zero-order valence-electron chi connectivity index (χ0n) is 20.1. The van der Waals surface area contributed by atoms with Gasteiger partial charge in [0.05, 0.1) is 12.8 Å². The highest BCUT2D eigenvalue weighted by Gasteiger charge is 2.17. The van der Waals surface area contributed by atoms with Crippen molar-refractivity contribution in [1.29, 1.82) is 0 Å². The number of rotatable bonds is 10. The van der Waals surface area contributed by atoms with Crippen LogP contribution in [0.2, 0.25) is 5.02 Å². The summed E-state index contributed by atoms with van der Waals surface area (Å²) in [5, 5.41) is 3.66. The summed E-state index contributed by atoms with van der Waals surface area (Å²) >= 11 is 7.87. The quantitative estimate of drug-likeness (QED) is 0.223. The Hall–Kier alpha value is -3.61. The molecule has 4 rings (SSSR count). The zero-order chi connectivity index (χ0) is 25.3. The monoisotopic (exact) mass is 518 g/mol. The molecule has 0 fully saturated rings. The van der Waals surface area contributed by atoms with Gasteiger partial charge in [0.15, 0.2) is 0 Å². The van der Waals surface area contributed by atoms with Crippen LogP contribution in [0, 0.1) is 6.92 Å². The lowest BCUT2D eigenvalue weighted by molar-refractivity contribution is -0.119. The molecular weight excluding hydrogens is 492 g/mol. The fourth-order valence-corrected chi connectivity index (χ4v) is 4.64. The van der Waals surface area contributed by atoms with Crippen LogP contribution in [0.15, 0.2) is 102 Å². The number of hydrogen-bond donors (Lipinski definition) is 1. The summed E-state index contributed by atoms with van der Waals surface area (Å²) in [4.78, 5) is 13.9. The van der Waals surface area contributed by atoms with Crippen molar-refractivity contribution in [2.24, 2.45) is 0 Å². The van der Waals surface area contributed by atoms with Crippen LogP contribution in [0.1, 0.15) is 11.1 Å². The highest BCUT2D eigenvalue weighted by Crippen LogP contribution is 2.35. The lowest BCUT2D eigenvalue weighted by atomic mass is 10.2. The van der Waals surface area contributed by atoms with Crippen molar-refractivity contribution in [2.75, 3.05) is 18.0 Å². The summed E-state index contributed by atoms with van der Waals surface area (Å²) in [7, 11) is 1.63. The summed E-state index contributed by atoms with van der Waals surface area (Å²) < 4.78 is 13.0. The summed E-state index contributed by atoms with van der Waals surface area (Å²) in [5.41, 5.74) is 2.80. The number of nitrogens with one attached hydrogen (secondary N) is 1. The Morgan fingerprint density at radius 1 is 0.861 bits per heavy atom. The van der Waals surface area contributed by atoms with Crippen LogP contribution in [0.4, 0.5) is 5.69 Å². The third-order valence-electron chi connectivity index (χ3n) is 5.46. The molecule has 1 N–H and O–H groups in total. The number of carbonyl (C=O) groups excluding carboxylic acids is 1. The molecule has 0 radical (unpaired) electrons. The van der Waals surface area contributed by atoms with Crippen LogP contribution in [-0.2, 0) is 11.3 Å². The van der Waals surface area contributed by atoms with Crippen molar-refractivity contribution >= 4 is 35.1 Å². The molecule has 0 unspecified atom stereocenters. The summed E-state index contributed by atoms with van der Waals surface area (Å²) in [6, 6.07) is 30.8. The van der Waals surface area contributed by atoms with Crippen molar-refractivity contribution in [1.82, 2.24) is 5.32 Å². The summed E-state index contributed by atoms with van der Waals surface area (Å²) in [5.74, 6) is 2.21. The highest BCUT2D eigenvalue weighted by atomic mass is 35.5. The second kappa shape index (κ2) is 12.4. The average molecular weight is 519 g/mol. The first kappa shape index (κ1) is 25.5. The van der Waals surface area contributed by atoms with Crippen LogP contribution >= 0.6 is 23.5 Å². The van der Waals surface area contributed by atoms with Gasteiger partial charge in [0.1, 0.15) is 23.8 Å².